The number of nitrogens with zero attached hydrogens (tertiary/aromatic N) is 3. The van der Waals surface area contributed by atoms with Crippen LogP contribution in [0.1, 0.15) is 19.3 Å². The topological polar surface area (TPSA) is 44.9 Å². The third-order valence-corrected chi connectivity index (χ3v) is 4.42. The largest absolute Gasteiger partial charge is 0.370 e. The zero-order valence-corrected chi connectivity index (χ0v) is 14.2. The van der Waals surface area contributed by atoms with Gasteiger partial charge in [0.2, 0.25) is 0 Å². The molecule has 4 nitrogen and oxygen atoms in total. The van der Waals surface area contributed by atoms with Gasteiger partial charge in [-0.1, -0.05) is 6.42 Å². The van der Waals surface area contributed by atoms with E-state index in [-0.39, 0.29) is 24.0 Å². The maximum absolute atomic E-state index is 6.01. The second kappa shape index (κ2) is 9.25. The quantitative estimate of drug-likeness (QED) is 0.455. The second-order valence-electron chi connectivity index (χ2n) is 4.74. The molecule has 0 amide bonds. The Bertz CT molecular complexity index is 250. The third kappa shape index (κ3) is 5.52. The standard InChI is InChI=1S/C12H24N4S.HI/c13-12(16-8-10-17-11-9-16)14-4-7-15-5-2-1-3-6-15;/h1-11H2,(H2,13,14);1H. The van der Waals surface area contributed by atoms with E-state index in [4.69, 9.17) is 5.73 Å². The SMILES string of the molecule is I.NC(=NCCN1CCCCC1)N1CCSCC1. The van der Waals surface area contributed by atoms with Gasteiger partial charge >= 0.3 is 0 Å². The first-order valence-electron chi connectivity index (χ1n) is 6.71. The molecular weight excluding hydrogens is 359 g/mol. The van der Waals surface area contributed by atoms with Gasteiger partial charge in [0, 0.05) is 31.1 Å². The van der Waals surface area contributed by atoms with Crippen LogP contribution >= 0.6 is 35.7 Å². The number of aliphatic imine (C=N–C) groups is 1. The van der Waals surface area contributed by atoms with Crippen molar-refractivity contribution >= 4 is 41.7 Å². The summed E-state index contributed by atoms with van der Waals surface area (Å²) in [4.78, 5) is 9.23. The molecule has 2 aliphatic rings. The van der Waals surface area contributed by atoms with E-state index in [1.165, 1.54) is 43.9 Å². The van der Waals surface area contributed by atoms with Crippen molar-refractivity contribution in [2.24, 2.45) is 10.7 Å². The lowest BCUT2D eigenvalue weighted by Gasteiger charge is -2.28. The summed E-state index contributed by atoms with van der Waals surface area (Å²) in [5, 5.41) is 0. The predicted octanol–water partition coefficient (Wildman–Crippen LogP) is 1.45. The van der Waals surface area contributed by atoms with Crippen molar-refractivity contribution in [2.75, 3.05) is 50.8 Å². The lowest BCUT2D eigenvalue weighted by molar-refractivity contribution is 0.235. The highest BCUT2D eigenvalue weighted by Gasteiger charge is 2.12. The van der Waals surface area contributed by atoms with Gasteiger partial charge in [0.25, 0.3) is 0 Å². The lowest BCUT2D eigenvalue weighted by atomic mass is 10.1. The first-order chi connectivity index (χ1) is 8.36. The van der Waals surface area contributed by atoms with Gasteiger partial charge in [0.15, 0.2) is 5.96 Å². The van der Waals surface area contributed by atoms with Crippen LogP contribution in [-0.4, -0.2) is 66.5 Å². The van der Waals surface area contributed by atoms with Gasteiger partial charge in [-0.05, 0) is 25.9 Å². The highest BCUT2D eigenvalue weighted by Crippen LogP contribution is 2.09. The van der Waals surface area contributed by atoms with Crippen molar-refractivity contribution in [2.45, 2.75) is 19.3 Å². The summed E-state index contributed by atoms with van der Waals surface area (Å²) >= 11 is 2.00. The van der Waals surface area contributed by atoms with Gasteiger partial charge in [-0.25, -0.2) is 0 Å². The van der Waals surface area contributed by atoms with Gasteiger partial charge in [-0.2, -0.15) is 11.8 Å². The van der Waals surface area contributed by atoms with Gasteiger partial charge in [0.05, 0.1) is 6.54 Å². The predicted molar refractivity (Wildman–Crippen MR) is 91.1 cm³/mol. The fourth-order valence-electron chi connectivity index (χ4n) is 2.38. The molecule has 0 aliphatic carbocycles. The van der Waals surface area contributed by atoms with Crippen molar-refractivity contribution in [1.82, 2.24) is 9.80 Å². The van der Waals surface area contributed by atoms with Crippen LogP contribution in [0, 0.1) is 0 Å². The monoisotopic (exact) mass is 384 g/mol. The molecule has 2 rings (SSSR count). The second-order valence-corrected chi connectivity index (χ2v) is 5.97. The lowest BCUT2D eigenvalue weighted by Crippen LogP contribution is -2.43. The number of hydrogen-bond donors (Lipinski definition) is 1. The van der Waals surface area contributed by atoms with E-state index in [2.05, 4.69) is 14.8 Å². The molecule has 6 heteroatoms. The number of guanidine groups is 1. The fourth-order valence-corrected chi connectivity index (χ4v) is 3.28. The Balaban J connectivity index is 0.00000162. The summed E-state index contributed by atoms with van der Waals surface area (Å²) < 4.78 is 0. The molecule has 106 valence electrons. The smallest absolute Gasteiger partial charge is 0.191 e. The maximum Gasteiger partial charge on any atom is 0.191 e. The molecule has 0 bridgehead atoms. The molecule has 0 unspecified atom stereocenters. The highest BCUT2D eigenvalue weighted by molar-refractivity contribution is 14.0. The highest BCUT2D eigenvalue weighted by atomic mass is 127. The Morgan fingerprint density at radius 3 is 2.39 bits per heavy atom. The zero-order valence-electron chi connectivity index (χ0n) is 11.0. The molecule has 2 N–H and O–H groups in total. The fraction of sp³-hybridized carbons (Fsp3) is 0.917. The van der Waals surface area contributed by atoms with E-state index in [0.29, 0.717) is 0 Å². The van der Waals surface area contributed by atoms with E-state index in [1.54, 1.807) is 0 Å². The Kier molecular flexibility index (Phi) is 8.41. The number of thioether (sulfide) groups is 1. The Morgan fingerprint density at radius 2 is 1.72 bits per heavy atom. The van der Waals surface area contributed by atoms with Crippen LogP contribution in [0.5, 0.6) is 0 Å². The molecule has 2 heterocycles. The maximum atomic E-state index is 6.01. The van der Waals surface area contributed by atoms with Crippen molar-refractivity contribution < 1.29 is 0 Å². The summed E-state index contributed by atoms with van der Waals surface area (Å²) in [6.45, 7) is 6.54. The minimum Gasteiger partial charge on any atom is -0.370 e. The first-order valence-corrected chi connectivity index (χ1v) is 7.87. The minimum absolute atomic E-state index is 0. The first kappa shape index (κ1) is 16.4. The Morgan fingerprint density at radius 1 is 1.06 bits per heavy atom. The molecule has 2 fully saturated rings. The van der Waals surface area contributed by atoms with E-state index in [9.17, 15) is 0 Å². The van der Waals surface area contributed by atoms with Crippen LogP contribution in [0.4, 0.5) is 0 Å². The number of nitrogens with two attached hydrogens (primary N) is 1. The van der Waals surface area contributed by atoms with Crippen LogP contribution in [0.25, 0.3) is 0 Å². The van der Waals surface area contributed by atoms with Gasteiger partial charge in [-0.3, -0.25) is 4.99 Å². The summed E-state index contributed by atoms with van der Waals surface area (Å²) in [6.07, 6.45) is 4.10. The molecule has 0 saturated carbocycles. The van der Waals surface area contributed by atoms with E-state index in [1.807, 2.05) is 11.8 Å². The average molecular weight is 384 g/mol. The number of rotatable bonds is 3. The molecule has 0 spiro atoms. The summed E-state index contributed by atoms with van der Waals surface area (Å²) in [7, 11) is 0. The molecule has 0 aromatic rings. The number of likely N-dealkylation sites (tertiary alicyclic amines) is 1. The van der Waals surface area contributed by atoms with Crippen LogP contribution in [-0.2, 0) is 0 Å². The zero-order chi connectivity index (χ0) is 11.9. The molecule has 18 heavy (non-hydrogen) atoms. The van der Waals surface area contributed by atoms with Crippen LogP contribution in [0.3, 0.4) is 0 Å². The van der Waals surface area contributed by atoms with E-state index in [0.717, 1.165) is 32.1 Å². The van der Waals surface area contributed by atoms with Crippen LogP contribution < -0.4 is 5.73 Å². The molecule has 2 aliphatic heterocycles. The molecule has 0 atom stereocenters. The summed E-state index contributed by atoms with van der Waals surface area (Å²) in [6, 6.07) is 0. The molecular formula is C12H25IN4S. The third-order valence-electron chi connectivity index (χ3n) is 3.47. The molecule has 2 saturated heterocycles. The molecule has 0 aromatic carbocycles. The number of hydrogen-bond acceptors (Lipinski definition) is 3. The Hall–Kier alpha value is 0.310. The number of piperidine rings is 1. The van der Waals surface area contributed by atoms with Gasteiger partial charge < -0.3 is 15.5 Å². The van der Waals surface area contributed by atoms with Crippen molar-refractivity contribution in [3.63, 3.8) is 0 Å². The van der Waals surface area contributed by atoms with Crippen molar-refractivity contribution in [3.8, 4) is 0 Å². The van der Waals surface area contributed by atoms with Crippen LogP contribution in [0.15, 0.2) is 4.99 Å². The average Bonchev–Trinajstić information content (AvgIpc) is 2.41. The summed E-state index contributed by atoms with van der Waals surface area (Å²) in [5.41, 5.74) is 6.01. The normalized spacial score (nSPS) is 22.7. The van der Waals surface area contributed by atoms with Gasteiger partial charge in [0.1, 0.15) is 0 Å². The summed E-state index contributed by atoms with van der Waals surface area (Å²) in [5.74, 6) is 3.12. The Labute approximate surface area is 132 Å². The minimum atomic E-state index is 0. The molecule has 0 radical (unpaired) electrons. The molecule has 0 aromatic heterocycles. The van der Waals surface area contributed by atoms with E-state index >= 15 is 0 Å². The van der Waals surface area contributed by atoms with Crippen molar-refractivity contribution in [1.29, 1.82) is 0 Å². The van der Waals surface area contributed by atoms with Crippen molar-refractivity contribution in [3.05, 3.63) is 0 Å². The van der Waals surface area contributed by atoms with E-state index < -0.39 is 0 Å². The van der Waals surface area contributed by atoms with Crippen LogP contribution in [0.2, 0.25) is 0 Å². The number of halogens is 1. The van der Waals surface area contributed by atoms with Gasteiger partial charge in [-0.15, -0.1) is 24.0 Å².